The quantitative estimate of drug-likeness (QED) is 0.887. The summed E-state index contributed by atoms with van der Waals surface area (Å²) in [6.07, 6.45) is 3.01. The topological polar surface area (TPSA) is 37.0 Å². The van der Waals surface area contributed by atoms with Crippen molar-refractivity contribution >= 4 is 17.1 Å². The third-order valence-corrected chi connectivity index (χ3v) is 2.40. The number of hydrogen-bond acceptors (Lipinski definition) is 3. The minimum atomic E-state index is -0.994. The monoisotopic (exact) mass is 267 g/mol. The van der Waals surface area contributed by atoms with Gasteiger partial charge in [-0.05, 0) is 13.0 Å². The van der Waals surface area contributed by atoms with Crippen molar-refractivity contribution in [3.63, 3.8) is 0 Å². The summed E-state index contributed by atoms with van der Waals surface area (Å²) < 4.78 is 39.7. The first-order chi connectivity index (χ1) is 9.10. The molecule has 0 radical (unpaired) electrons. The van der Waals surface area contributed by atoms with E-state index in [2.05, 4.69) is 15.6 Å². The highest BCUT2D eigenvalue weighted by Gasteiger charge is 2.11. The Hall–Kier alpha value is -2.24. The van der Waals surface area contributed by atoms with Crippen LogP contribution in [0.15, 0.2) is 30.6 Å². The Morgan fingerprint density at radius 1 is 1.00 bits per heavy atom. The maximum atomic E-state index is 13.5. The second-order valence-electron chi connectivity index (χ2n) is 3.86. The van der Waals surface area contributed by atoms with E-state index < -0.39 is 23.1 Å². The Balaban J connectivity index is 2.28. The zero-order chi connectivity index (χ0) is 13.8. The van der Waals surface area contributed by atoms with Crippen LogP contribution < -0.4 is 10.6 Å². The second-order valence-corrected chi connectivity index (χ2v) is 3.86. The number of pyridine rings is 1. The van der Waals surface area contributed by atoms with Gasteiger partial charge in [0.15, 0.2) is 11.6 Å². The van der Waals surface area contributed by atoms with Gasteiger partial charge in [-0.25, -0.2) is 13.2 Å². The lowest BCUT2D eigenvalue weighted by molar-refractivity contribution is 0.549. The summed E-state index contributed by atoms with van der Waals surface area (Å²) in [6, 6.07) is 2.89. The van der Waals surface area contributed by atoms with E-state index in [1.54, 1.807) is 12.3 Å². The van der Waals surface area contributed by atoms with E-state index in [4.69, 9.17) is 0 Å². The van der Waals surface area contributed by atoms with Gasteiger partial charge in [0.05, 0.1) is 23.8 Å². The predicted octanol–water partition coefficient (Wildman–Crippen LogP) is 3.67. The summed E-state index contributed by atoms with van der Waals surface area (Å²) >= 11 is 0. The molecule has 2 rings (SSSR count). The molecular weight excluding hydrogens is 255 g/mol. The summed E-state index contributed by atoms with van der Waals surface area (Å²) in [5.74, 6) is -2.95. The first kappa shape index (κ1) is 13.2. The number of aromatic nitrogens is 1. The molecule has 0 aliphatic carbocycles. The van der Waals surface area contributed by atoms with Crippen LogP contribution in [0, 0.1) is 17.5 Å². The number of nitrogens with one attached hydrogen (secondary N) is 2. The summed E-state index contributed by atoms with van der Waals surface area (Å²) in [7, 11) is 0. The molecule has 6 heteroatoms. The Kier molecular flexibility index (Phi) is 3.89. The highest BCUT2D eigenvalue weighted by atomic mass is 19.1. The van der Waals surface area contributed by atoms with Gasteiger partial charge in [0, 0.05) is 18.7 Å². The number of anilines is 3. The molecule has 100 valence electrons. The lowest BCUT2D eigenvalue weighted by Crippen LogP contribution is -2.01. The van der Waals surface area contributed by atoms with Crippen molar-refractivity contribution in [1.82, 2.24) is 4.98 Å². The SMILES string of the molecule is CCNc1cncc(Nc2c(F)cc(F)cc2F)c1. The van der Waals surface area contributed by atoms with Gasteiger partial charge in [0.25, 0.3) is 0 Å². The highest BCUT2D eigenvalue weighted by molar-refractivity contribution is 5.63. The summed E-state index contributed by atoms with van der Waals surface area (Å²) in [5, 5.41) is 5.57. The van der Waals surface area contributed by atoms with Crippen molar-refractivity contribution in [2.24, 2.45) is 0 Å². The average molecular weight is 267 g/mol. The average Bonchev–Trinajstić information content (AvgIpc) is 2.35. The van der Waals surface area contributed by atoms with Gasteiger partial charge in [-0.1, -0.05) is 0 Å². The van der Waals surface area contributed by atoms with Crippen molar-refractivity contribution in [1.29, 1.82) is 0 Å². The molecule has 1 heterocycles. The zero-order valence-electron chi connectivity index (χ0n) is 10.2. The van der Waals surface area contributed by atoms with Crippen LogP contribution in [0.5, 0.6) is 0 Å². The van der Waals surface area contributed by atoms with Crippen LogP contribution in [-0.2, 0) is 0 Å². The van der Waals surface area contributed by atoms with Gasteiger partial charge in [-0.2, -0.15) is 0 Å². The smallest absolute Gasteiger partial charge is 0.152 e. The van der Waals surface area contributed by atoms with Crippen molar-refractivity contribution < 1.29 is 13.2 Å². The molecule has 0 saturated heterocycles. The second kappa shape index (κ2) is 5.60. The molecule has 19 heavy (non-hydrogen) atoms. The summed E-state index contributed by atoms with van der Waals surface area (Å²) in [6.45, 7) is 2.61. The van der Waals surface area contributed by atoms with E-state index in [-0.39, 0.29) is 0 Å². The predicted molar refractivity (Wildman–Crippen MR) is 68.0 cm³/mol. The lowest BCUT2D eigenvalue weighted by atomic mass is 10.2. The Morgan fingerprint density at radius 2 is 1.63 bits per heavy atom. The van der Waals surface area contributed by atoms with Crippen LogP contribution in [0.3, 0.4) is 0 Å². The van der Waals surface area contributed by atoms with Gasteiger partial charge in [0.1, 0.15) is 11.5 Å². The van der Waals surface area contributed by atoms with E-state index in [9.17, 15) is 13.2 Å². The number of hydrogen-bond donors (Lipinski definition) is 2. The van der Waals surface area contributed by atoms with Crippen molar-refractivity contribution in [3.8, 4) is 0 Å². The molecule has 0 atom stereocenters. The van der Waals surface area contributed by atoms with Crippen LogP contribution in [0.1, 0.15) is 6.92 Å². The van der Waals surface area contributed by atoms with Gasteiger partial charge < -0.3 is 10.6 Å². The van der Waals surface area contributed by atoms with E-state index in [1.165, 1.54) is 6.20 Å². The molecular formula is C13H12F3N3. The number of halogens is 3. The number of benzene rings is 1. The molecule has 3 nitrogen and oxygen atoms in total. The van der Waals surface area contributed by atoms with E-state index >= 15 is 0 Å². The standard InChI is InChI=1S/C13H12F3N3/c1-2-18-9-5-10(7-17-6-9)19-13-11(15)3-8(14)4-12(13)16/h3-7,18-19H,2H2,1H3. The molecule has 2 aromatic rings. The number of nitrogens with zero attached hydrogens (tertiary/aromatic N) is 1. The van der Waals surface area contributed by atoms with Crippen LogP contribution in [0.25, 0.3) is 0 Å². The first-order valence-corrected chi connectivity index (χ1v) is 5.70. The first-order valence-electron chi connectivity index (χ1n) is 5.70. The van der Waals surface area contributed by atoms with Crippen molar-refractivity contribution in [3.05, 3.63) is 48.0 Å². The largest absolute Gasteiger partial charge is 0.384 e. The molecule has 0 saturated carbocycles. The Labute approximate surface area is 108 Å². The molecule has 1 aromatic carbocycles. The van der Waals surface area contributed by atoms with E-state index in [0.29, 0.717) is 24.4 Å². The van der Waals surface area contributed by atoms with Gasteiger partial charge in [0.2, 0.25) is 0 Å². The van der Waals surface area contributed by atoms with Gasteiger partial charge in [-0.15, -0.1) is 0 Å². The van der Waals surface area contributed by atoms with E-state index in [0.717, 1.165) is 5.69 Å². The van der Waals surface area contributed by atoms with Crippen molar-refractivity contribution in [2.75, 3.05) is 17.2 Å². The maximum absolute atomic E-state index is 13.5. The fraction of sp³-hybridized carbons (Fsp3) is 0.154. The molecule has 2 N–H and O–H groups in total. The van der Waals surface area contributed by atoms with Crippen LogP contribution in [0.4, 0.5) is 30.2 Å². The fourth-order valence-electron chi connectivity index (χ4n) is 1.62. The Morgan fingerprint density at radius 3 is 2.26 bits per heavy atom. The third kappa shape index (κ3) is 3.15. The molecule has 0 spiro atoms. The third-order valence-electron chi connectivity index (χ3n) is 2.40. The molecule has 0 aliphatic heterocycles. The Bertz CT molecular complexity index is 564. The molecule has 0 amide bonds. The minimum absolute atomic E-state index is 0.405. The van der Waals surface area contributed by atoms with Crippen LogP contribution in [-0.4, -0.2) is 11.5 Å². The fourth-order valence-corrected chi connectivity index (χ4v) is 1.62. The summed E-state index contributed by atoms with van der Waals surface area (Å²) in [5.41, 5.74) is 0.718. The molecule has 0 fully saturated rings. The van der Waals surface area contributed by atoms with Gasteiger partial charge >= 0.3 is 0 Å². The molecule has 0 unspecified atom stereocenters. The highest BCUT2D eigenvalue weighted by Crippen LogP contribution is 2.25. The summed E-state index contributed by atoms with van der Waals surface area (Å²) in [4.78, 5) is 3.93. The van der Waals surface area contributed by atoms with Gasteiger partial charge in [-0.3, -0.25) is 4.98 Å². The van der Waals surface area contributed by atoms with Crippen molar-refractivity contribution in [2.45, 2.75) is 6.92 Å². The molecule has 0 bridgehead atoms. The zero-order valence-corrected chi connectivity index (χ0v) is 10.2. The van der Waals surface area contributed by atoms with Crippen LogP contribution in [0.2, 0.25) is 0 Å². The molecule has 0 aliphatic rings. The van der Waals surface area contributed by atoms with Crippen LogP contribution >= 0.6 is 0 Å². The maximum Gasteiger partial charge on any atom is 0.152 e. The lowest BCUT2D eigenvalue weighted by Gasteiger charge is -2.10. The van der Waals surface area contributed by atoms with E-state index in [1.807, 2.05) is 6.92 Å². The molecule has 1 aromatic heterocycles. The minimum Gasteiger partial charge on any atom is -0.384 e. The number of rotatable bonds is 4. The normalized spacial score (nSPS) is 10.3.